The normalized spacial score (nSPS) is 28.4. The van der Waals surface area contributed by atoms with Crippen LogP contribution in [0.3, 0.4) is 0 Å². The minimum atomic E-state index is -0.564. The summed E-state index contributed by atoms with van der Waals surface area (Å²) in [6.45, 7) is 7.09. The number of carbonyl (C=O) groups excluding carboxylic acids is 1. The fraction of sp³-hybridized carbons (Fsp3) is 0.483. The second-order valence-electron chi connectivity index (χ2n) is 11.5. The Kier molecular flexibility index (Phi) is 6.33. The third-order valence-corrected chi connectivity index (χ3v) is 9.83. The molecule has 2 unspecified atom stereocenters. The van der Waals surface area contributed by atoms with E-state index in [2.05, 4.69) is 26.1 Å². The van der Waals surface area contributed by atoms with Crippen LogP contribution in [0, 0.1) is 17.3 Å². The maximum absolute atomic E-state index is 13.0. The molecule has 3 aromatic rings. The number of nitrogens with one attached hydrogen (secondary N) is 1. The number of carbonyl (C=O) groups is 1. The van der Waals surface area contributed by atoms with Crippen molar-refractivity contribution in [3.05, 3.63) is 65.9 Å². The number of amides is 1. The molecule has 3 saturated carbocycles. The molecule has 5 atom stereocenters. The molecule has 4 fully saturated rings. The third-order valence-electron chi connectivity index (χ3n) is 9.11. The number of hydrogen-bond donors (Lipinski definition) is 1. The van der Waals surface area contributed by atoms with Gasteiger partial charge in [0.05, 0.1) is 23.9 Å². The van der Waals surface area contributed by atoms with Crippen LogP contribution >= 0.6 is 11.8 Å². The van der Waals surface area contributed by atoms with Gasteiger partial charge in [0.25, 0.3) is 0 Å². The lowest BCUT2D eigenvalue weighted by Gasteiger charge is -2.64. The SMILES string of the molecule is CSc1cccc(COC(=O)NC(Cc2coc3ccccc23)B2O[C@@H]3C[C@@H]4CC(C4(C)C)[C@]3(C)O2)c1. The molecule has 2 aromatic carbocycles. The van der Waals surface area contributed by atoms with Crippen LogP contribution in [-0.4, -0.2) is 37.1 Å². The van der Waals surface area contributed by atoms with Gasteiger partial charge >= 0.3 is 13.2 Å². The van der Waals surface area contributed by atoms with Crippen molar-refractivity contribution in [2.24, 2.45) is 17.3 Å². The zero-order valence-corrected chi connectivity index (χ0v) is 22.7. The number of furan rings is 1. The molecule has 194 valence electrons. The molecular weight excluding hydrogens is 485 g/mol. The predicted octanol–water partition coefficient (Wildman–Crippen LogP) is 6.26. The third kappa shape index (κ3) is 4.37. The summed E-state index contributed by atoms with van der Waals surface area (Å²) in [7, 11) is -0.564. The summed E-state index contributed by atoms with van der Waals surface area (Å²) in [5, 5.41) is 4.11. The van der Waals surface area contributed by atoms with Gasteiger partial charge in [0.15, 0.2) is 0 Å². The largest absolute Gasteiger partial charge is 0.482 e. The van der Waals surface area contributed by atoms with Gasteiger partial charge in [0, 0.05) is 10.3 Å². The lowest BCUT2D eigenvalue weighted by atomic mass is 9.43. The fourth-order valence-electron chi connectivity index (χ4n) is 6.82. The van der Waals surface area contributed by atoms with Gasteiger partial charge in [-0.3, -0.25) is 0 Å². The number of para-hydroxylation sites is 1. The number of thioether (sulfide) groups is 1. The van der Waals surface area contributed by atoms with Crippen molar-refractivity contribution in [2.45, 2.75) is 69.2 Å². The van der Waals surface area contributed by atoms with Crippen LogP contribution in [-0.2, 0) is 27.1 Å². The summed E-state index contributed by atoms with van der Waals surface area (Å²) in [4.78, 5) is 14.2. The Morgan fingerprint density at radius 3 is 2.84 bits per heavy atom. The summed E-state index contributed by atoms with van der Waals surface area (Å²) in [5.41, 5.74) is 2.67. The fourth-order valence-corrected chi connectivity index (χ4v) is 7.30. The summed E-state index contributed by atoms with van der Waals surface area (Å²) < 4.78 is 24.7. The molecule has 1 aromatic heterocycles. The number of fused-ring (bicyclic) bond motifs is 1. The zero-order valence-electron chi connectivity index (χ0n) is 21.9. The van der Waals surface area contributed by atoms with Crippen molar-refractivity contribution < 1.29 is 23.3 Å². The maximum Gasteiger partial charge on any atom is 0.482 e. The molecule has 1 aliphatic heterocycles. The molecular formula is C29H34BNO5S. The smallest absolute Gasteiger partial charge is 0.464 e. The van der Waals surface area contributed by atoms with Gasteiger partial charge in [-0.2, -0.15) is 0 Å². The van der Waals surface area contributed by atoms with E-state index in [1.165, 1.54) is 6.42 Å². The van der Waals surface area contributed by atoms with E-state index in [0.717, 1.165) is 33.4 Å². The Morgan fingerprint density at radius 2 is 2.03 bits per heavy atom. The zero-order chi connectivity index (χ0) is 25.8. The van der Waals surface area contributed by atoms with Gasteiger partial charge in [0.1, 0.15) is 12.2 Å². The van der Waals surface area contributed by atoms with E-state index in [9.17, 15) is 4.79 Å². The van der Waals surface area contributed by atoms with Crippen molar-refractivity contribution in [3.63, 3.8) is 0 Å². The second kappa shape index (κ2) is 9.40. The van der Waals surface area contributed by atoms with Crippen LogP contribution in [0.25, 0.3) is 11.0 Å². The summed E-state index contributed by atoms with van der Waals surface area (Å²) >= 11 is 1.66. The standard InChI is InChI=1S/C29H34BNO5S/c1-28(2)20-14-24(28)29(3)25(15-20)35-30(36-29)26(13-19-17-33-23-11-6-5-10-22(19)23)31-27(32)34-16-18-8-7-9-21(12-18)37-4/h5-12,17,20,24-26H,13-16H2,1-4H3,(H,31,32)/t20-,24?,25+,26?,29-/m0/s1. The summed E-state index contributed by atoms with van der Waals surface area (Å²) in [6.07, 6.45) is 6.03. The van der Waals surface area contributed by atoms with E-state index in [1.54, 1.807) is 18.0 Å². The van der Waals surface area contributed by atoms with Gasteiger partial charge in [-0.05, 0) is 79.0 Å². The van der Waals surface area contributed by atoms with Crippen molar-refractivity contribution in [1.29, 1.82) is 0 Å². The van der Waals surface area contributed by atoms with Gasteiger partial charge in [-0.15, -0.1) is 11.8 Å². The van der Waals surface area contributed by atoms with Gasteiger partial charge in [-0.25, -0.2) is 4.79 Å². The highest BCUT2D eigenvalue weighted by atomic mass is 32.2. The first kappa shape index (κ1) is 24.9. The van der Waals surface area contributed by atoms with Crippen LogP contribution in [0.15, 0.2) is 64.1 Å². The van der Waals surface area contributed by atoms with Crippen LogP contribution in [0.2, 0.25) is 0 Å². The predicted molar refractivity (Wildman–Crippen MR) is 145 cm³/mol. The Hall–Kier alpha value is -2.42. The first-order valence-corrected chi connectivity index (χ1v) is 14.3. The molecule has 3 aliphatic carbocycles. The average Bonchev–Trinajstić information content (AvgIpc) is 3.47. The van der Waals surface area contributed by atoms with Crippen LogP contribution < -0.4 is 5.32 Å². The van der Waals surface area contributed by atoms with Crippen molar-refractivity contribution in [1.82, 2.24) is 5.32 Å². The monoisotopic (exact) mass is 519 g/mol. The molecule has 37 heavy (non-hydrogen) atoms. The summed E-state index contributed by atoms with van der Waals surface area (Å²) in [6, 6.07) is 16.0. The highest BCUT2D eigenvalue weighted by Gasteiger charge is 2.68. The Balaban J connectivity index is 1.21. The Bertz CT molecular complexity index is 1310. The van der Waals surface area contributed by atoms with E-state index in [4.69, 9.17) is 18.5 Å². The van der Waals surface area contributed by atoms with Crippen LogP contribution in [0.1, 0.15) is 44.7 Å². The molecule has 0 spiro atoms. The highest BCUT2D eigenvalue weighted by molar-refractivity contribution is 7.98. The van der Waals surface area contributed by atoms with Crippen LogP contribution in [0.4, 0.5) is 4.79 Å². The Morgan fingerprint density at radius 1 is 1.19 bits per heavy atom. The number of alkyl carbamates (subject to hydrolysis) is 1. The minimum absolute atomic E-state index is 0.0324. The van der Waals surface area contributed by atoms with Gasteiger partial charge < -0.3 is 23.8 Å². The molecule has 1 amide bonds. The van der Waals surface area contributed by atoms with E-state index in [0.29, 0.717) is 18.3 Å². The lowest BCUT2D eigenvalue weighted by molar-refractivity contribution is -0.199. The second-order valence-corrected chi connectivity index (χ2v) is 12.4. The van der Waals surface area contributed by atoms with Gasteiger partial charge in [-0.1, -0.05) is 44.2 Å². The first-order valence-electron chi connectivity index (χ1n) is 13.1. The van der Waals surface area contributed by atoms with E-state index < -0.39 is 19.2 Å². The summed E-state index contributed by atoms with van der Waals surface area (Å²) in [5.74, 6) is 0.678. The first-order chi connectivity index (χ1) is 17.8. The number of rotatable bonds is 7. The molecule has 8 heteroatoms. The van der Waals surface area contributed by atoms with Crippen molar-refractivity contribution in [3.8, 4) is 0 Å². The Labute approximate surface area is 222 Å². The minimum Gasteiger partial charge on any atom is -0.464 e. The maximum atomic E-state index is 13.0. The number of hydrogen-bond acceptors (Lipinski definition) is 6. The van der Waals surface area contributed by atoms with Gasteiger partial charge in [0.2, 0.25) is 0 Å². The molecule has 2 bridgehead atoms. The molecule has 0 radical (unpaired) electrons. The topological polar surface area (TPSA) is 69.9 Å². The molecule has 4 aliphatic rings. The van der Waals surface area contributed by atoms with Crippen molar-refractivity contribution >= 4 is 35.9 Å². The number of benzene rings is 2. The lowest BCUT2D eigenvalue weighted by Crippen LogP contribution is -2.65. The average molecular weight is 519 g/mol. The van der Waals surface area contributed by atoms with E-state index in [1.807, 2.05) is 54.8 Å². The molecule has 6 nitrogen and oxygen atoms in total. The molecule has 1 N–H and O–H groups in total. The molecule has 2 heterocycles. The van der Waals surface area contributed by atoms with E-state index in [-0.39, 0.29) is 23.7 Å². The molecule has 1 saturated heterocycles. The molecule has 7 rings (SSSR count). The quantitative estimate of drug-likeness (QED) is 0.294. The van der Waals surface area contributed by atoms with Crippen molar-refractivity contribution in [2.75, 3.05) is 6.26 Å². The van der Waals surface area contributed by atoms with Crippen LogP contribution in [0.5, 0.6) is 0 Å². The highest BCUT2D eigenvalue weighted by Crippen LogP contribution is 2.65. The van der Waals surface area contributed by atoms with E-state index >= 15 is 0 Å². The number of ether oxygens (including phenoxy) is 1.